The molecule has 7 N–H and O–H groups in total. The third-order valence-corrected chi connectivity index (χ3v) is 28.1. The van der Waals surface area contributed by atoms with E-state index in [0.717, 1.165) is 77.1 Å². The van der Waals surface area contributed by atoms with E-state index in [1.54, 1.807) is 43.5 Å². The predicted molar refractivity (Wildman–Crippen MR) is 352 cm³/mol. The number of aliphatic hydroxyl groups is 2. The molecule has 11 aliphatic carbocycles. The molecule has 5 aromatic rings. The zero-order chi connectivity index (χ0) is 62.3. The quantitative estimate of drug-likeness (QED) is 0.0399. The maximum atomic E-state index is 13.9. The second-order valence-electron chi connectivity index (χ2n) is 31.7. The molecule has 5 aromatic carbocycles. The zero-order valence-corrected chi connectivity index (χ0v) is 53.6. The minimum atomic E-state index is -1.09. The summed E-state index contributed by atoms with van der Waals surface area (Å²) in [4.78, 5) is 0. The number of rotatable bonds is 10. The number of hydrogen-bond acceptors (Lipinski definition) is 13. The molecule has 486 valence electrons. The largest absolute Gasteiger partial charge is 0.508 e. The molecule has 20 atom stereocenters. The number of phenolic OH excluding ortho intramolecular Hbond substituents is 3. The fourth-order valence-corrected chi connectivity index (χ4v) is 25.1. The molecule has 9 fully saturated rings. The SMILES string of the molecule is COCCC[C@H]1Oc2c3cc(c4cc(O)ccc24)OCC#C[C@H]2CN[C@]4(CC5(CCCC5)[C@@]56CC[C@@]78CC[C@@H]9CC[C@@H]([C@@H](C=C[C@@H]75)[C@@H]46)[C@H]98)N[C@@]24[C@@H]2C=C[C@H]([C@H]4O[C@@H]3[C@@H]1[C@H]1COc3c(Cc4cc(O)ccc4-c4cccc(O)c4)cc(OC4CCCC4)cc3[C@H]1O)[C@@H](O)C2. The molecule has 93 heavy (non-hydrogen) atoms. The Morgan fingerprint density at radius 2 is 1.59 bits per heavy atom. The maximum Gasteiger partial charge on any atom is 0.149 e. The van der Waals surface area contributed by atoms with Crippen LogP contribution in [0, 0.1) is 93.2 Å². The smallest absolute Gasteiger partial charge is 0.149 e. The van der Waals surface area contributed by atoms with E-state index in [1.165, 1.54) is 64.2 Å². The van der Waals surface area contributed by atoms with Gasteiger partial charge in [0.05, 0.1) is 54.2 Å². The van der Waals surface area contributed by atoms with E-state index in [9.17, 15) is 25.5 Å². The van der Waals surface area contributed by atoms with Crippen molar-refractivity contribution >= 4 is 10.8 Å². The Hall–Kier alpha value is -6.24. The number of hydrogen-bond donors (Lipinski definition) is 7. The van der Waals surface area contributed by atoms with E-state index in [-0.39, 0.29) is 65.1 Å². The summed E-state index contributed by atoms with van der Waals surface area (Å²) >= 11 is 0. The van der Waals surface area contributed by atoms with E-state index < -0.39 is 53.6 Å². The van der Waals surface area contributed by atoms with Crippen molar-refractivity contribution in [2.45, 2.75) is 170 Å². The lowest BCUT2D eigenvalue weighted by Gasteiger charge is -2.65. The lowest BCUT2D eigenvalue weighted by Crippen LogP contribution is -2.83. The first kappa shape index (κ1) is 58.1. The highest BCUT2D eigenvalue weighted by atomic mass is 16.5. The van der Waals surface area contributed by atoms with Gasteiger partial charge >= 0.3 is 0 Å². The summed E-state index contributed by atoms with van der Waals surface area (Å²) < 4.78 is 43.2. The minimum absolute atomic E-state index is 0.0270. The second kappa shape index (κ2) is 21.4. The van der Waals surface area contributed by atoms with Crippen LogP contribution in [0.3, 0.4) is 0 Å². The Morgan fingerprint density at radius 3 is 2.45 bits per heavy atom. The Labute approximate surface area is 546 Å². The number of methoxy groups -OCH3 is 1. The van der Waals surface area contributed by atoms with Gasteiger partial charge in [0.1, 0.15) is 53.0 Å². The summed E-state index contributed by atoms with van der Waals surface area (Å²) in [5.74, 6) is 12.4. The van der Waals surface area contributed by atoms with Crippen molar-refractivity contribution < 1.29 is 54.0 Å². The summed E-state index contributed by atoms with van der Waals surface area (Å²) in [7, 11) is 1.74. The van der Waals surface area contributed by atoms with Crippen LogP contribution in [0.5, 0.6) is 40.2 Å². The number of allylic oxidation sites excluding steroid dienone is 2. The molecular weight excluding hydrogens is 1160 g/mol. The third kappa shape index (κ3) is 8.27. The summed E-state index contributed by atoms with van der Waals surface area (Å²) in [5, 5.41) is 70.7. The fraction of sp³-hybridized carbons (Fsp3) is 0.575. The van der Waals surface area contributed by atoms with Gasteiger partial charge in [-0.15, -0.1) is 0 Å². The summed E-state index contributed by atoms with van der Waals surface area (Å²) in [5.41, 5.74) is 4.38. The van der Waals surface area contributed by atoms with Gasteiger partial charge < -0.3 is 54.0 Å². The average molecular weight is 1260 g/mol. The van der Waals surface area contributed by atoms with Crippen molar-refractivity contribution in [3.05, 3.63) is 125 Å². The van der Waals surface area contributed by atoms with Gasteiger partial charge in [-0.25, -0.2) is 0 Å². The van der Waals surface area contributed by atoms with E-state index in [2.05, 4.69) is 53.6 Å². The normalized spacial score (nSPS) is 40.4. The lowest BCUT2D eigenvalue weighted by atomic mass is 9.50. The Balaban J connectivity index is 0.776. The van der Waals surface area contributed by atoms with Gasteiger partial charge in [-0.2, -0.15) is 0 Å². The molecule has 1 saturated heterocycles. The van der Waals surface area contributed by atoms with Gasteiger partial charge in [0.15, 0.2) is 0 Å². The Bertz CT molecular complexity index is 3970. The van der Waals surface area contributed by atoms with Crippen LogP contribution >= 0.6 is 0 Å². The molecule has 5 spiro atoms. The number of benzene rings is 5. The van der Waals surface area contributed by atoms with Gasteiger partial charge in [0.25, 0.3) is 0 Å². The summed E-state index contributed by atoms with van der Waals surface area (Å²) in [6.07, 6.45) is 27.5. The number of ether oxygens (including phenoxy) is 6. The van der Waals surface area contributed by atoms with E-state index in [1.807, 2.05) is 30.3 Å². The molecule has 0 unspecified atom stereocenters. The molecule has 13 nitrogen and oxygen atoms in total. The van der Waals surface area contributed by atoms with Gasteiger partial charge in [-0.1, -0.05) is 67.2 Å². The molecule has 8 saturated carbocycles. The number of aliphatic hydroxyl groups excluding tert-OH is 2. The maximum absolute atomic E-state index is 13.9. The van der Waals surface area contributed by atoms with Gasteiger partial charge in [-0.05, 0) is 226 Å². The molecule has 20 rings (SSSR count). The molecule has 4 aliphatic heterocycles. The molecule has 8 bridgehead atoms. The monoisotopic (exact) mass is 1250 g/mol. The third-order valence-electron chi connectivity index (χ3n) is 28.1. The summed E-state index contributed by atoms with van der Waals surface area (Å²) in [6.45, 7) is 1.44. The topological polar surface area (TPSA) is 181 Å². The molecule has 0 aromatic heterocycles. The van der Waals surface area contributed by atoms with E-state index in [4.69, 9.17) is 33.7 Å². The highest BCUT2D eigenvalue weighted by Crippen LogP contribution is 2.86. The number of fused-ring (bicyclic) bond motifs is 7. The Morgan fingerprint density at radius 1 is 0.742 bits per heavy atom. The molecule has 0 amide bonds. The first-order chi connectivity index (χ1) is 45.4. The molecule has 4 heterocycles. The van der Waals surface area contributed by atoms with E-state index in [0.29, 0.717) is 102 Å². The number of aromatic hydroxyl groups is 3. The molecular formula is C80H90N2O11. The molecule has 13 heteroatoms. The van der Waals surface area contributed by atoms with Crippen LogP contribution in [0.4, 0.5) is 0 Å². The highest BCUT2D eigenvalue weighted by Gasteiger charge is 2.83. The van der Waals surface area contributed by atoms with Crippen molar-refractivity contribution in [2.24, 2.45) is 81.3 Å². The highest BCUT2D eigenvalue weighted by molar-refractivity contribution is 5.96. The number of nitrogens with one attached hydrogen (secondary N) is 2. The van der Waals surface area contributed by atoms with Crippen LogP contribution in [0.25, 0.3) is 21.9 Å². The average Bonchev–Trinajstić information content (AvgIpc) is 1.47. The van der Waals surface area contributed by atoms with Crippen molar-refractivity contribution in [1.29, 1.82) is 0 Å². The second-order valence-corrected chi connectivity index (χ2v) is 31.7. The molecule has 0 radical (unpaired) electrons. The van der Waals surface area contributed by atoms with Crippen molar-refractivity contribution in [3.8, 4) is 63.2 Å². The first-order valence-corrected chi connectivity index (χ1v) is 36.0. The van der Waals surface area contributed by atoms with E-state index >= 15 is 0 Å². The summed E-state index contributed by atoms with van der Waals surface area (Å²) in [6, 6.07) is 24.1. The number of phenols is 3. The minimum Gasteiger partial charge on any atom is -0.508 e. The Kier molecular flexibility index (Phi) is 13.4. The first-order valence-electron chi connectivity index (χ1n) is 36.0. The van der Waals surface area contributed by atoms with Crippen molar-refractivity contribution in [1.82, 2.24) is 10.6 Å². The lowest BCUT2D eigenvalue weighted by molar-refractivity contribution is -0.212. The van der Waals surface area contributed by atoms with Crippen LogP contribution in [0.2, 0.25) is 0 Å². The van der Waals surface area contributed by atoms with Gasteiger partial charge in [0, 0.05) is 83.7 Å². The van der Waals surface area contributed by atoms with Crippen LogP contribution in [0.15, 0.2) is 103 Å². The van der Waals surface area contributed by atoms with Crippen LogP contribution in [-0.2, 0) is 15.9 Å². The fourth-order valence-electron chi connectivity index (χ4n) is 25.1. The molecule has 15 aliphatic rings. The van der Waals surface area contributed by atoms with Gasteiger partial charge in [-0.3, -0.25) is 10.6 Å². The van der Waals surface area contributed by atoms with Crippen LogP contribution in [0.1, 0.15) is 150 Å². The zero-order valence-electron chi connectivity index (χ0n) is 53.6. The van der Waals surface area contributed by atoms with Crippen LogP contribution < -0.4 is 29.6 Å². The van der Waals surface area contributed by atoms with Gasteiger partial charge in [0.2, 0.25) is 0 Å². The predicted octanol–water partition coefficient (Wildman–Crippen LogP) is 13.3. The van der Waals surface area contributed by atoms with Crippen molar-refractivity contribution in [3.63, 3.8) is 0 Å². The standard InChI is InChI=1S/C80H90N2O11/c1-88-31-8-14-65-68(63-42-90-71-47(36-54(39-61(71)70(63)87)91-53-12-2-3-13-53)33-46-35-51(84)17-21-55(46)45-9-6-11-50(83)34-45)73-62-40-66(60-38-52(85)18-22-57(60)72(62)92-65)89-32-7-10-49-41-81-79(82-80(49)48-16-20-59(64(86)37-48)75(80)93-73)43-76(26-4-5-27-76)78-30-29-77-28-25-44-15-19-56(69(44)77)58(74(78)79)23-24-67(77)78/h6,9,11,16-18,20-24,34-36,38-40,44,48-49,53,56,58-59,63-65,67-70,73-75,81-87H,2-5,8,12-15,19,25-33,37,41-43H2,1H3/t44-,48+,49-,56-,58+,59-,63+,64-,65+,67-,68+,69-,70+,73-,74+,75+,77-,78-,79+,80-/m0/s1. The van der Waals surface area contributed by atoms with Crippen molar-refractivity contribution in [2.75, 3.05) is 33.5 Å². The van der Waals surface area contributed by atoms with Crippen LogP contribution in [-0.4, -0.2) is 94.6 Å².